The van der Waals surface area contributed by atoms with Crippen molar-refractivity contribution in [2.45, 2.75) is 33.2 Å². The summed E-state index contributed by atoms with van der Waals surface area (Å²) >= 11 is 0. The Bertz CT molecular complexity index is 1000. The highest BCUT2D eigenvalue weighted by Gasteiger charge is 2.43. The molecule has 0 spiro atoms. The first-order chi connectivity index (χ1) is 14.8. The third-order valence-corrected chi connectivity index (χ3v) is 4.86. The number of carbonyl (C=O) groups is 3. The van der Waals surface area contributed by atoms with Crippen LogP contribution < -0.4 is 19.7 Å². The molecule has 0 aliphatic carbocycles. The number of nitrogens with one attached hydrogen (secondary N) is 1. The zero-order valence-corrected chi connectivity index (χ0v) is 18.1. The zero-order chi connectivity index (χ0) is 22.6. The van der Waals surface area contributed by atoms with Crippen molar-refractivity contribution in [1.82, 2.24) is 0 Å². The number of amides is 2. The van der Waals surface area contributed by atoms with Gasteiger partial charge < -0.3 is 19.5 Å². The second-order valence-electron chi connectivity index (χ2n) is 7.36. The molecule has 1 heterocycles. The molecule has 1 N–H and O–H groups in total. The molecule has 8 heteroatoms. The summed E-state index contributed by atoms with van der Waals surface area (Å²) in [6.07, 6.45) is 0. The molecule has 31 heavy (non-hydrogen) atoms. The lowest BCUT2D eigenvalue weighted by Gasteiger charge is -2.41. The Kier molecular flexibility index (Phi) is 6.48. The van der Waals surface area contributed by atoms with Crippen LogP contribution in [0.1, 0.15) is 38.1 Å². The van der Waals surface area contributed by atoms with Crippen molar-refractivity contribution in [1.29, 1.82) is 0 Å². The third kappa shape index (κ3) is 4.47. The number of benzene rings is 2. The first kappa shape index (κ1) is 22.1. The summed E-state index contributed by atoms with van der Waals surface area (Å²) in [5, 5.41) is 2.79. The van der Waals surface area contributed by atoms with E-state index in [-0.39, 0.29) is 11.5 Å². The SMILES string of the molecule is CCOc1ccc(C(=O)OCC(=O)N2c3ccccc3NC(=O)C2(C)C)cc1OCC. The summed E-state index contributed by atoms with van der Waals surface area (Å²) in [4.78, 5) is 39.4. The summed E-state index contributed by atoms with van der Waals surface area (Å²) in [7, 11) is 0. The number of ether oxygens (including phenoxy) is 3. The predicted octanol–water partition coefficient (Wildman–Crippen LogP) is 3.40. The van der Waals surface area contributed by atoms with Gasteiger partial charge in [-0.2, -0.15) is 0 Å². The predicted molar refractivity (Wildman–Crippen MR) is 116 cm³/mol. The number of nitrogens with zero attached hydrogens (tertiary/aromatic N) is 1. The molecule has 0 fully saturated rings. The second kappa shape index (κ2) is 9.07. The van der Waals surface area contributed by atoms with Crippen LogP contribution in [-0.4, -0.2) is 43.1 Å². The number of esters is 1. The first-order valence-corrected chi connectivity index (χ1v) is 10.1. The van der Waals surface area contributed by atoms with Gasteiger partial charge in [0.15, 0.2) is 18.1 Å². The average molecular weight is 426 g/mol. The highest BCUT2D eigenvalue weighted by Crippen LogP contribution is 2.36. The van der Waals surface area contributed by atoms with Crippen molar-refractivity contribution in [2.24, 2.45) is 0 Å². The van der Waals surface area contributed by atoms with Crippen LogP contribution in [0.2, 0.25) is 0 Å². The molecule has 1 aliphatic rings. The highest BCUT2D eigenvalue weighted by atomic mass is 16.5. The largest absolute Gasteiger partial charge is 0.490 e. The highest BCUT2D eigenvalue weighted by molar-refractivity contribution is 6.14. The van der Waals surface area contributed by atoms with Gasteiger partial charge in [0.05, 0.1) is 30.2 Å². The van der Waals surface area contributed by atoms with Crippen molar-refractivity contribution >= 4 is 29.2 Å². The summed E-state index contributed by atoms with van der Waals surface area (Å²) < 4.78 is 16.3. The van der Waals surface area contributed by atoms with Crippen LogP contribution in [0.4, 0.5) is 11.4 Å². The van der Waals surface area contributed by atoms with E-state index in [2.05, 4.69) is 5.32 Å². The monoisotopic (exact) mass is 426 g/mol. The van der Waals surface area contributed by atoms with Crippen LogP contribution in [-0.2, 0) is 14.3 Å². The molecule has 0 aromatic heterocycles. The van der Waals surface area contributed by atoms with Gasteiger partial charge in [0, 0.05) is 0 Å². The minimum atomic E-state index is -1.14. The van der Waals surface area contributed by atoms with Crippen LogP contribution in [0.5, 0.6) is 11.5 Å². The number of carbonyl (C=O) groups excluding carboxylic acids is 3. The smallest absolute Gasteiger partial charge is 0.338 e. The Morgan fingerprint density at radius 2 is 1.68 bits per heavy atom. The third-order valence-electron chi connectivity index (χ3n) is 4.86. The summed E-state index contributed by atoms with van der Waals surface area (Å²) in [6, 6.07) is 11.7. The quantitative estimate of drug-likeness (QED) is 0.682. The van der Waals surface area contributed by atoms with E-state index in [9.17, 15) is 14.4 Å². The van der Waals surface area contributed by atoms with Gasteiger partial charge in [0.1, 0.15) is 5.54 Å². The number of hydrogen-bond donors (Lipinski definition) is 1. The zero-order valence-electron chi connectivity index (χ0n) is 18.1. The van der Waals surface area contributed by atoms with Gasteiger partial charge in [0.2, 0.25) is 5.91 Å². The molecule has 0 atom stereocenters. The standard InChI is InChI=1S/C23H26N2O6/c1-5-29-18-12-11-15(13-19(18)30-6-2)21(27)31-14-20(26)25-17-10-8-7-9-16(17)24-22(28)23(25,3)4/h7-13H,5-6,14H2,1-4H3,(H,24,28). The van der Waals surface area contributed by atoms with Gasteiger partial charge >= 0.3 is 5.97 Å². The van der Waals surface area contributed by atoms with Gasteiger partial charge in [0.25, 0.3) is 5.91 Å². The minimum absolute atomic E-state index is 0.232. The number of rotatable bonds is 7. The molecule has 2 amide bonds. The van der Waals surface area contributed by atoms with Crippen molar-refractivity contribution in [2.75, 3.05) is 30.0 Å². The maximum Gasteiger partial charge on any atom is 0.338 e. The van der Waals surface area contributed by atoms with E-state index in [0.717, 1.165) is 0 Å². The van der Waals surface area contributed by atoms with Crippen molar-refractivity contribution in [3.8, 4) is 11.5 Å². The Morgan fingerprint density at radius 1 is 1.00 bits per heavy atom. The number of para-hydroxylation sites is 2. The number of fused-ring (bicyclic) bond motifs is 1. The second-order valence-corrected chi connectivity index (χ2v) is 7.36. The molecule has 0 saturated carbocycles. The van der Waals surface area contributed by atoms with Crippen LogP contribution in [0.25, 0.3) is 0 Å². The molecule has 164 valence electrons. The van der Waals surface area contributed by atoms with E-state index in [0.29, 0.717) is 36.1 Å². The van der Waals surface area contributed by atoms with Gasteiger partial charge in [-0.15, -0.1) is 0 Å². The molecule has 0 saturated heterocycles. The van der Waals surface area contributed by atoms with E-state index in [1.807, 2.05) is 13.8 Å². The molecule has 3 rings (SSSR count). The molecule has 8 nitrogen and oxygen atoms in total. The van der Waals surface area contributed by atoms with Crippen molar-refractivity contribution in [3.05, 3.63) is 48.0 Å². The van der Waals surface area contributed by atoms with Gasteiger partial charge in [-0.3, -0.25) is 14.5 Å². The number of hydrogen-bond acceptors (Lipinski definition) is 6. The lowest BCUT2D eigenvalue weighted by Crippen LogP contribution is -2.59. The van der Waals surface area contributed by atoms with E-state index >= 15 is 0 Å². The maximum atomic E-state index is 13.0. The Labute approximate surface area is 181 Å². The Hall–Kier alpha value is -3.55. The summed E-state index contributed by atoms with van der Waals surface area (Å²) in [6.45, 7) is 7.30. The molecule has 0 unspecified atom stereocenters. The van der Waals surface area contributed by atoms with E-state index in [1.54, 1.807) is 50.2 Å². The van der Waals surface area contributed by atoms with E-state index < -0.39 is 24.0 Å². The molecule has 0 bridgehead atoms. The average Bonchev–Trinajstić information content (AvgIpc) is 2.74. The fraction of sp³-hybridized carbons (Fsp3) is 0.348. The van der Waals surface area contributed by atoms with Crippen LogP contribution in [0.15, 0.2) is 42.5 Å². The van der Waals surface area contributed by atoms with Crippen LogP contribution in [0, 0.1) is 0 Å². The first-order valence-electron chi connectivity index (χ1n) is 10.1. The van der Waals surface area contributed by atoms with Crippen LogP contribution in [0.3, 0.4) is 0 Å². The fourth-order valence-electron chi connectivity index (χ4n) is 3.35. The Morgan fingerprint density at radius 3 is 2.39 bits per heavy atom. The number of anilines is 2. The van der Waals surface area contributed by atoms with Crippen molar-refractivity contribution < 1.29 is 28.6 Å². The molecule has 2 aromatic carbocycles. The van der Waals surface area contributed by atoms with Crippen molar-refractivity contribution in [3.63, 3.8) is 0 Å². The van der Waals surface area contributed by atoms with Crippen LogP contribution >= 0.6 is 0 Å². The lowest BCUT2D eigenvalue weighted by atomic mass is 9.96. The van der Waals surface area contributed by atoms with Gasteiger partial charge in [-0.05, 0) is 58.0 Å². The molecule has 2 aromatic rings. The maximum absolute atomic E-state index is 13.0. The lowest BCUT2D eigenvalue weighted by molar-refractivity contribution is -0.128. The molecule has 1 aliphatic heterocycles. The minimum Gasteiger partial charge on any atom is -0.490 e. The topological polar surface area (TPSA) is 94.2 Å². The summed E-state index contributed by atoms with van der Waals surface area (Å²) in [5.74, 6) is -0.553. The Balaban J connectivity index is 1.77. The molecular weight excluding hydrogens is 400 g/mol. The van der Waals surface area contributed by atoms with E-state index in [4.69, 9.17) is 14.2 Å². The normalized spacial score (nSPS) is 14.3. The van der Waals surface area contributed by atoms with Gasteiger partial charge in [-0.1, -0.05) is 12.1 Å². The summed E-state index contributed by atoms with van der Waals surface area (Å²) in [5.41, 5.74) is 0.169. The fourth-order valence-corrected chi connectivity index (χ4v) is 3.35. The van der Waals surface area contributed by atoms with E-state index in [1.165, 1.54) is 11.0 Å². The molecular formula is C23H26N2O6. The molecule has 0 radical (unpaired) electrons. The van der Waals surface area contributed by atoms with Gasteiger partial charge in [-0.25, -0.2) is 4.79 Å².